The monoisotopic (exact) mass is 478 g/mol. The summed E-state index contributed by atoms with van der Waals surface area (Å²) in [5, 5.41) is 3.17. The Bertz CT molecular complexity index is 1200. The lowest BCUT2D eigenvalue weighted by atomic mass is 9.87. The van der Waals surface area contributed by atoms with Crippen molar-refractivity contribution in [2.24, 2.45) is 0 Å². The average Bonchev–Trinajstić information content (AvgIpc) is 2.87. The van der Waals surface area contributed by atoms with Gasteiger partial charge >= 0.3 is 0 Å². The predicted octanol–water partition coefficient (Wildman–Crippen LogP) is 4.77. The molecule has 35 heavy (non-hydrogen) atoms. The van der Waals surface area contributed by atoms with Crippen molar-refractivity contribution in [1.29, 1.82) is 0 Å². The van der Waals surface area contributed by atoms with Gasteiger partial charge in [-0.15, -0.1) is 0 Å². The Balaban J connectivity index is 1.68. The number of fused-ring (bicyclic) bond motifs is 1. The summed E-state index contributed by atoms with van der Waals surface area (Å²) in [5.74, 6) is 1.49. The van der Waals surface area contributed by atoms with E-state index >= 15 is 0 Å². The zero-order valence-corrected chi connectivity index (χ0v) is 20.5. The maximum Gasteiger partial charge on any atom is 0.251 e. The van der Waals surface area contributed by atoms with Gasteiger partial charge in [-0.2, -0.15) is 0 Å². The molecule has 0 aromatic heterocycles. The fourth-order valence-electron chi connectivity index (χ4n) is 4.79. The van der Waals surface area contributed by atoms with Crippen molar-refractivity contribution in [3.8, 4) is 17.2 Å². The SMILES string of the molecule is COc1cccc(C(=O)NC(C)C2c3cc(OC)c(OC)cc3CCN2Cc2cccc(F)c2)c1. The number of hydrogen-bond acceptors (Lipinski definition) is 5. The number of ether oxygens (including phenoxy) is 3. The second kappa shape index (κ2) is 10.8. The number of nitrogens with zero attached hydrogens (tertiary/aromatic N) is 1. The number of carbonyl (C=O) groups is 1. The van der Waals surface area contributed by atoms with Crippen LogP contribution in [0.3, 0.4) is 0 Å². The zero-order valence-electron chi connectivity index (χ0n) is 20.5. The molecule has 2 atom stereocenters. The van der Waals surface area contributed by atoms with Gasteiger partial charge < -0.3 is 19.5 Å². The highest BCUT2D eigenvalue weighted by Gasteiger charge is 2.34. The lowest BCUT2D eigenvalue weighted by Gasteiger charge is -2.41. The molecular formula is C28H31FN2O4. The average molecular weight is 479 g/mol. The van der Waals surface area contributed by atoms with Crippen LogP contribution < -0.4 is 19.5 Å². The molecule has 0 spiro atoms. The van der Waals surface area contributed by atoms with E-state index in [4.69, 9.17) is 14.2 Å². The van der Waals surface area contributed by atoms with Crippen molar-refractivity contribution in [2.75, 3.05) is 27.9 Å². The molecule has 1 aliphatic heterocycles. The van der Waals surface area contributed by atoms with E-state index < -0.39 is 0 Å². The Morgan fingerprint density at radius 3 is 2.49 bits per heavy atom. The summed E-state index contributed by atoms with van der Waals surface area (Å²) in [5.41, 5.74) is 3.61. The van der Waals surface area contributed by atoms with Gasteiger partial charge in [-0.25, -0.2) is 4.39 Å². The van der Waals surface area contributed by atoms with E-state index in [9.17, 15) is 9.18 Å². The summed E-state index contributed by atoms with van der Waals surface area (Å²) in [4.78, 5) is 15.4. The van der Waals surface area contributed by atoms with Gasteiger partial charge in [-0.05, 0) is 72.5 Å². The first-order valence-electron chi connectivity index (χ1n) is 11.6. The van der Waals surface area contributed by atoms with E-state index in [0.29, 0.717) is 29.4 Å². The number of halogens is 1. The van der Waals surface area contributed by atoms with Crippen LogP contribution in [0.1, 0.15) is 40.0 Å². The van der Waals surface area contributed by atoms with E-state index in [1.165, 1.54) is 6.07 Å². The third kappa shape index (κ3) is 5.41. The zero-order chi connectivity index (χ0) is 24.9. The first-order valence-corrected chi connectivity index (χ1v) is 11.6. The molecule has 3 aromatic carbocycles. The van der Waals surface area contributed by atoms with Gasteiger partial charge in [0.05, 0.1) is 27.4 Å². The summed E-state index contributed by atoms with van der Waals surface area (Å²) in [6, 6.07) is 17.3. The molecule has 0 aliphatic carbocycles. The van der Waals surface area contributed by atoms with Gasteiger partial charge in [0.15, 0.2) is 11.5 Å². The molecule has 0 saturated heterocycles. The number of rotatable bonds is 8. The van der Waals surface area contributed by atoms with Crippen molar-refractivity contribution in [3.05, 3.63) is 88.7 Å². The van der Waals surface area contributed by atoms with Gasteiger partial charge in [0.25, 0.3) is 5.91 Å². The molecule has 0 saturated carbocycles. The second-order valence-electron chi connectivity index (χ2n) is 8.70. The summed E-state index contributed by atoms with van der Waals surface area (Å²) in [7, 11) is 4.81. The molecule has 3 aromatic rings. The van der Waals surface area contributed by atoms with Crippen LogP contribution in [0, 0.1) is 5.82 Å². The van der Waals surface area contributed by atoms with Gasteiger partial charge in [0, 0.05) is 24.7 Å². The molecule has 7 heteroatoms. The number of methoxy groups -OCH3 is 3. The molecule has 6 nitrogen and oxygen atoms in total. The van der Waals surface area contributed by atoms with E-state index in [0.717, 1.165) is 29.7 Å². The molecule has 0 bridgehead atoms. The number of nitrogens with one attached hydrogen (secondary N) is 1. The van der Waals surface area contributed by atoms with Crippen LogP contribution in [0.4, 0.5) is 4.39 Å². The van der Waals surface area contributed by atoms with E-state index in [2.05, 4.69) is 10.2 Å². The van der Waals surface area contributed by atoms with Crippen LogP contribution >= 0.6 is 0 Å². The second-order valence-corrected chi connectivity index (χ2v) is 8.70. The highest BCUT2D eigenvalue weighted by molar-refractivity contribution is 5.94. The Morgan fingerprint density at radius 1 is 1.03 bits per heavy atom. The molecule has 184 valence electrons. The first-order chi connectivity index (χ1) is 16.9. The maximum atomic E-state index is 13.9. The first kappa shape index (κ1) is 24.5. The van der Waals surface area contributed by atoms with Crippen molar-refractivity contribution in [3.63, 3.8) is 0 Å². The summed E-state index contributed by atoms with van der Waals surface area (Å²) < 4.78 is 30.3. The van der Waals surface area contributed by atoms with Crippen molar-refractivity contribution >= 4 is 5.91 Å². The fourth-order valence-corrected chi connectivity index (χ4v) is 4.79. The van der Waals surface area contributed by atoms with E-state index in [1.807, 2.05) is 25.1 Å². The number of benzene rings is 3. The molecule has 0 fully saturated rings. The molecule has 1 N–H and O–H groups in total. The third-order valence-corrected chi connectivity index (χ3v) is 6.46. The minimum absolute atomic E-state index is 0.156. The van der Waals surface area contributed by atoms with Crippen LogP contribution in [-0.2, 0) is 13.0 Å². The fraction of sp³-hybridized carbons (Fsp3) is 0.321. The standard InChI is InChI=1S/C28H31FN2O4/c1-18(30-28(32)21-8-6-10-23(14-21)33-2)27-24-16-26(35-4)25(34-3)15-20(24)11-12-31(27)17-19-7-5-9-22(29)13-19/h5-10,13-16,18,27H,11-12,17H2,1-4H3,(H,30,32). The molecule has 1 heterocycles. The smallest absolute Gasteiger partial charge is 0.251 e. The summed E-state index contributed by atoms with van der Waals surface area (Å²) >= 11 is 0. The quantitative estimate of drug-likeness (QED) is 0.506. The normalized spacial score (nSPS) is 16.2. The van der Waals surface area contributed by atoms with E-state index in [1.54, 1.807) is 57.7 Å². The van der Waals surface area contributed by atoms with Gasteiger partial charge in [0.1, 0.15) is 11.6 Å². The summed E-state index contributed by atoms with van der Waals surface area (Å²) in [6.45, 7) is 3.30. The Kier molecular flexibility index (Phi) is 7.56. The predicted molar refractivity (Wildman–Crippen MR) is 133 cm³/mol. The van der Waals surface area contributed by atoms with Crippen LogP contribution in [0.25, 0.3) is 0 Å². The minimum atomic E-state index is -0.262. The topological polar surface area (TPSA) is 60.0 Å². The molecule has 2 unspecified atom stereocenters. The summed E-state index contributed by atoms with van der Waals surface area (Å²) in [6.07, 6.45) is 0.804. The van der Waals surface area contributed by atoms with Crippen molar-refractivity contribution in [2.45, 2.75) is 32.0 Å². The Morgan fingerprint density at radius 2 is 1.77 bits per heavy atom. The van der Waals surface area contributed by atoms with Crippen LogP contribution in [0.2, 0.25) is 0 Å². The lowest BCUT2D eigenvalue weighted by molar-refractivity contribution is 0.0877. The highest BCUT2D eigenvalue weighted by Crippen LogP contribution is 2.40. The maximum absolute atomic E-state index is 13.9. The number of carbonyl (C=O) groups excluding carboxylic acids is 1. The number of amides is 1. The minimum Gasteiger partial charge on any atom is -0.497 e. The van der Waals surface area contributed by atoms with Crippen LogP contribution in [-0.4, -0.2) is 44.7 Å². The van der Waals surface area contributed by atoms with Crippen molar-refractivity contribution < 1.29 is 23.4 Å². The van der Waals surface area contributed by atoms with Gasteiger partial charge in [0.2, 0.25) is 0 Å². The lowest BCUT2D eigenvalue weighted by Crippen LogP contribution is -2.47. The van der Waals surface area contributed by atoms with E-state index in [-0.39, 0.29) is 23.8 Å². The molecule has 1 amide bonds. The van der Waals surface area contributed by atoms with Gasteiger partial charge in [-0.1, -0.05) is 18.2 Å². The largest absolute Gasteiger partial charge is 0.497 e. The Hall–Kier alpha value is -3.58. The molecule has 1 aliphatic rings. The molecule has 4 rings (SSSR count). The Labute approximate surface area is 205 Å². The van der Waals surface area contributed by atoms with Crippen LogP contribution in [0.15, 0.2) is 60.7 Å². The van der Waals surface area contributed by atoms with Crippen molar-refractivity contribution in [1.82, 2.24) is 10.2 Å². The van der Waals surface area contributed by atoms with Gasteiger partial charge in [-0.3, -0.25) is 9.69 Å². The third-order valence-electron chi connectivity index (χ3n) is 6.46. The molecular weight excluding hydrogens is 447 g/mol. The number of hydrogen-bond donors (Lipinski definition) is 1. The molecule has 0 radical (unpaired) electrons. The highest BCUT2D eigenvalue weighted by atomic mass is 19.1. The van der Waals surface area contributed by atoms with Crippen LogP contribution in [0.5, 0.6) is 17.2 Å².